The second-order valence-corrected chi connectivity index (χ2v) is 10.0. The van der Waals surface area contributed by atoms with Gasteiger partial charge < -0.3 is 26.0 Å². The molecule has 0 radical (unpaired) electrons. The smallest absolute Gasteiger partial charge is 0.405 e. The molecule has 0 aliphatic carbocycles. The van der Waals surface area contributed by atoms with E-state index in [4.69, 9.17) is 27.8 Å². The zero-order chi connectivity index (χ0) is 24.3. The molecule has 4 heterocycles. The van der Waals surface area contributed by atoms with E-state index in [2.05, 4.69) is 19.6 Å². The normalized spacial score (nSPS) is 23.5. The van der Waals surface area contributed by atoms with Crippen LogP contribution < -0.4 is 16.2 Å². The van der Waals surface area contributed by atoms with E-state index in [-0.39, 0.29) is 6.04 Å². The summed E-state index contributed by atoms with van der Waals surface area (Å²) in [6.45, 7) is 5.83. The van der Waals surface area contributed by atoms with Crippen molar-refractivity contribution in [2.24, 2.45) is 11.5 Å². The molecule has 5 N–H and O–H groups in total. The Morgan fingerprint density at radius 1 is 1.30 bits per heavy atom. The lowest BCUT2D eigenvalue weighted by Crippen LogP contribution is -2.48. The van der Waals surface area contributed by atoms with Crippen LogP contribution in [-0.4, -0.2) is 63.4 Å². The lowest BCUT2D eigenvalue weighted by molar-refractivity contribution is 0.0571. The summed E-state index contributed by atoms with van der Waals surface area (Å²) < 4.78 is 9.79. The van der Waals surface area contributed by atoms with Crippen LogP contribution in [0.25, 0.3) is 11.0 Å². The Bertz CT molecular complexity index is 969. The molecule has 9 nitrogen and oxygen atoms in total. The van der Waals surface area contributed by atoms with Crippen molar-refractivity contribution in [1.29, 1.82) is 0 Å². The van der Waals surface area contributed by atoms with Crippen molar-refractivity contribution in [3.05, 3.63) is 28.9 Å². The van der Waals surface area contributed by atoms with E-state index in [0.717, 1.165) is 25.7 Å². The average molecular weight is 480 g/mol. The Morgan fingerprint density at radius 2 is 1.94 bits per heavy atom. The number of primary amides is 1. The number of piperidine rings is 1. The Morgan fingerprint density at radius 3 is 2.45 bits per heavy atom. The summed E-state index contributed by atoms with van der Waals surface area (Å²) >= 11 is 6.38. The van der Waals surface area contributed by atoms with Gasteiger partial charge in [0.2, 0.25) is 5.88 Å². The number of aliphatic hydroxyl groups excluding tert-OH is 1. The van der Waals surface area contributed by atoms with Crippen LogP contribution in [0.5, 0.6) is 5.88 Å². The van der Waals surface area contributed by atoms with E-state index in [1.807, 2.05) is 6.07 Å². The van der Waals surface area contributed by atoms with Gasteiger partial charge >= 0.3 is 6.09 Å². The fraction of sp³-hybridized carbons (Fsp3) is 0.609. The number of hydrogen-bond donors (Lipinski definition) is 3. The summed E-state index contributed by atoms with van der Waals surface area (Å²) in [6, 6.07) is 4.78. The lowest BCUT2D eigenvalue weighted by Gasteiger charge is -2.38. The van der Waals surface area contributed by atoms with Crippen LogP contribution in [0.3, 0.4) is 0 Å². The molecule has 4 rings (SSSR count). The van der Waals surface area contributed by atoms with Gasteiger partial charge in [0.1, 0.15) is 11.1 Å². The Labute approximate surface area is 199 Å². The van der Waals surface area contributed by atoms with Crippen molar-refractivity contribution in [2.45, 2.75) is 76.3 Å². The van der Waals surface area contributed by atoms with Gasteiger partial charge in [-0.1, -0.05) is 11.6 Å². The zero-order valence-corrected chi connectivity index (χ0v) is 20.4. The number of hydrogen-bond acceptors (Lipinski definition) is 8. The van der Waals surface area contributed by atoms with Gasteiger partial charge in [0.15, 0.2) is 0 Å². The Kier molecular flexibility index (Phi) is 8.00. The molecule has 2 bridgehead atoms. The predicted octanol–water partition coefficient (Wildman–Crippen LogP) is 3.16. The van der Waals surface area contributed by atoms with E-state index in [9.17, 15) is 9.90 Å². The maximum Gasteiger partial charge on any atom is 0.405 e. The molecule has 0 spiro atoms. The molecule has 33 heavy (non-hydrogen) atoms. The molecular formula is C23H34ClN5O4. The van der Waals surface area contributed by atoms with Crippen molar-refractivity contribution >= 4 is 28.7 Å². The first kappa shape index (κ1) is 25.4. The molecule has 182 valence electrons. The maximum absolute atomic E-state index is 11.0. The number of aliphatic hydroxyl groups is 1. The number of rotatable bonds is 4. The first-order valence-corrected chi connectivity index (χ1v) is 11.5. The first-order valence-electron chi connectivity index (χ1n) is 11.2. The summed E-state index contributed by atoms with van der Waals surface area (Å²) in [7, 11) is 1.57. The van der Waals surface area contributed by atoms with Gasteiger partial charge in [0, 0.05) is 42.5 Å². The maximum atomic E-state index is 11.0. The van der Waals surface area contributed by atoms with E-state index < -0.39 is 17.8 Å². The van der Waals surface area contributed by atoms with Gasteiger partial charge in [0.25, 0.3) is 0 Å². The van der Waals surface area contributed by atoms with Crippen LogP contribution in [-0.2, 0) is 4.74 Å². The van der Waals surface area contributed by atoms with Gasteiger partial charge in [0.05, 0.1) is 23.8 Å². The largest absolute Gasteiger partial charge is 0.481 e. The fourth-order valence-electron chi connectivity index (χ4n) is 4.68. The molecule has 10 heteroatoms. The summed E-state index contributed by atoms with van der Waals surface area (Å²) in [6.07, 6.45) is 4.44. The number of halogens is 1. The molecule has 2 fully saturated rings. The molecular weight excluding hydrogens is 446 g/mol. The summed E-state index contributed by atoms with van der Waals surface area (Å²) in [5.41, 5.74) is 12.3. The third kappa shape index (κ3) is 6.44. The number of pyridine rings is 2. The Hall–Kier alpha value is -2.20. The van der Waals surface area contributed by atoms with Crippen LogP contribution in [0.2, 0.25) is 5.02 Å². The monoisotopic (exact) mass is 479 g/mol. The molecule has 2 aromatic heterocycles. The number of ether oxygens (including phenoxy) is 2. The summed E-state index contributed by atoms with van der Waals surface area (Å²) in [5.74, 6) is 0.481. The number of carbonyl (C=O) groups excluding carboxylic acids is 1. The minimum atomic E-state index is -0.727. The molecule has 3 unspecified atom stereocenters. The molecule has 2 aromatic rings. The molecule has 2 aliphatic heterocycles. The van der Waals surface area contributed by atoms with Crippen LogP contribution >= 0.6 is 11.6 Å². The van der Waals surface area contributed by atoms with Gasteiger partial charge in [-0.15, -0.1) is 0 Å². The average Bonchev–Trinajstić information content (AvgIpc) is 2.94. The van der Waals surface area contributed by atoms with Gasteiger partial charge in [-0.2, -0.15) is 0 Å². The van der Waals surface area contributed by atoms with Gasteiger partial charge in [-0.05, 0) is 52.5 Å². The predicted molar refractivity (Wildman–Crippen MR) is 127 cm³/mol. The summed E-state index contributed by atoms with van der Waals surface area (Å²) in [5, 5.41) is 11.4. The SMILES string of the molecule is CC(C)(C)OC(N)=O.COc1ccc2ncc(Cl)c(C(O)CN3C4CCC3CC(N)C4)c2n1. The van der Waals surface area contributed by atoms with Gasteiger partial charge in [-0.3, -0.25) is 9.88 Å². The highest BCUT2D eigenvalue weighted by molar-refractivity contribution is 6.32. The van der Waals surface area contributed by atoms with Crippen LogP contribution in [0.4, 0.5) is 4.79 Å². The van der Waals surface area contributed by atoms with Gasteiger partial charge in [-0.25, -0.2) is 9.78 Å². The lowest BCUT2D eigenvalue weighted by atomic mass is 9.97. The minimum Gasteiger partial charge on any atom is -0.481 e. The van der Waals surface area contributed by atoms with E-state index >= 15 is 0 Å². The topological polar surface area (TPSA) is 137 Å². The second-order valence-electron chi connectivity index (χ2n) is 9.60. The number of fused-ring (bicyclic) bond motifs is 3. The fourth-order valence-corrected chi connectivity index (χ4v) is 4.95. The number of carbonyl (C=O) groups is 1. The molecule has 2 saturated heterocycles. The molecule has 3 atom stereocenters. The molecule has 0 saturated carbocycles. The standard InChI is InChI=1S/C18H23ClN4O2.C5H11NO2/c1-25-16-5-4-14-18(22-16)17(13(19)8-21-14)15(24)9-23-11-2-3-12(23)7-10(20)6-11;1-5(2,3)8-4(6)7/h4-5,8,10-12,15,24H,2-3,6-7,9,20H2,1H3;1-3H3,(H2,6,7). The number of amides is 1. The highest BCUT2D eigenvalue weighted by Gasteiger charge is 2.40. The second kappa shape index (κ2) is 10.4. The number of methoxy groups -OCH3 is 1. The van der Waals surface area contributed by atoms with Crippen LogP contribution in [0, 0.1) is 0 Å². The third-order valence-electron chi connectivity index (χ3n) is 5.93. The molecule has 2 aliphatic rings. The van der Waals surface area contributed by atoms with E-state index in [1.54, 1.807) is 40.1 Å². The molecule has 1 amide bonds. The van der Waals surface area contributed by atoms with Crippen molar-refractivity contribution in [1.82, 2.24) is 14.9 Å². The van der Waals surface area contributed by atoms with Crippen LogP contribution in [0.15, 0.2) is 18.3 Å². The quantitative estimate of drug-likeness (QED) is 0.608. The number of aromatic nitrogens is 2. The minimum absolute atomic E-state index is 0.280. The highest BCUT2D eigenvalue weighted by Crippen LogP contribution is 2.38. The zero-order valence-electron chi connectivity index (χ0n) is 19.6. The third-order valence-corrected chi connectivity index (χ3v) is 6.23. The van der Waals surface area contributed by atoms with Crippen molar-refractivity contribution in [3.8, 4) is 5.88 Å². The number of nitrogens with zero attached hydrogens (tertiary/aromatic N) is 3. The van der Waals surface area contributed by atoms with E-state index in [1.165, 1.54) is 0 Å². The summed E-state index contributed by atoms with van der Waals surface area (Å²) in [4.78, 5) is 21.2. The van der Waals surface area contributed by atoms with Crippen LogP contribution in [0.1, 0.15) is 58.1 Å². The first-order chi connectivity index (χ1) is 15.5. The van der Waals surface area contributed by atoms with Crippen molar-refractivity contribution in [3.63, 3.8) is 0 Å². The van der Waals surface area contributed by atoms with Crippen molar-refractivity contribution in [2.75, 3.05) is 13.7 Å². The highest BCUT2D eigenvalue weighted by atomic mass is 35.5. The number of nitrogens with two attached hydrogens (primary N) is 2. The van der Waals surface area contributed by atoms with Crippen molar-refractivity contribution < 1.29 is 19.4 Å². The Balaban J connectivity index is 0.000000331. The molecule has 0 aromatic carbocycles. The van der Waals surface area contributed by atoms with E-state index in [0.29, 0.717) is 46.1 Å².